The molecule has 2 heterocycles. The lowest BCUT2D eigenvalue weighted by molar-refractivity contribution is -0.0661. The van der Waals surface area contributed by atoms with Gasteiger partial charge in [0.05, 0.1) is 17.7 Å². The summed E-state index contributed by atoms with van der Waals surface area (Å²) in [5, 5.41) is 0. The number of rotatable bonds is 3. The van der Waals surface area contributed by atoms with Crippen molar-refractivity contribution in [1.82, 2.24) is 4.90 Å². The first-order valence-electron chi connectivity index (χ1n) is 8.63. The minimum Gasteiger partial charge on any atom is -0.399 e. The predicted molar refractivity (Wildman–Crippen MR) is 91.6 cm³/mol. The van der Waals surface area contributed by atoms with Crippen molar-refractivity contribution in [2.75, 3.05) is 13.1 Å². The van der Waals surface area contributed by atoms with E-state index >= 15 is 0 Å². The van der Waals surface area contributed by atoms with Crippen LogP contribution in [0.4, 0.5) is 8.78 Å². The maximum Gasteiger partial charge on any atom is 0.494 e. The number of nitrogens with zero attached hydrogens (tertiary/aromatic N) is 1. The molecule has 0 amide bonds. The molecule has 0 radical (unpaired) electrons. The van der Waals surface area contributed by atoms with Crippen LogP contribution in [0.5, 0.6) is 0 Å². The zero-order chi connectivity index (χ0) is 17.6. The van der Waals surface area contributed by atoms with Gasteiger partial charge >= 0.3 is 7.12 Å². The first-order chi connectivity index (χ1) is 11.1. The molecule has 0 unspecified atom stereocenters. The van der Waals surface area contributed by atoms with Gasteiger partial charge in [0, 0.05) is 13.0 Å². The van der Waals surface area contributed by atoms with Gasteiger partial charge < -0.3 is 9.31 Å². The van der Waals surface area contributed by atoms with Gasteiger partial charge in [-0.25, -0.2) is 8.78 Å². The normalized spacial score (nSPS) is 25.8. The molecule has 1 aromatic carbocycles. The highest BCUT2D eigenvalue weighted by Gasteiger charge is 2.51. The van der Waals surface area contributed by atoms with E-state index in [1.807, 2.05) is 56.9 Å². The second-order valence-electron chi connectivity index (χ2n) is 8.00. The number of piperidine rings is 1. The average Bonchev–Trinajstić information content (AvgIpc) is 2.67. The van der Waals surface area contributed by atoms with Crippen molar-refractivity contribution in [3.63, 3.8) is 0 Å². The Morgan fingerprint density at radius 2 is 1.62 bits per heavy atom. The van der Waals surface area contributed by atoms with Crippen LogP contribution in [-0.4, -0.2) is 42.2 Å². The van der Waals surface area contributed by atoms with Crippen LogP contribution in [0.3, 0.4) is 0 Å². The minimum atomic E-state index is -2.55. The molecular formula is C18H26BF2NO2. The van der Waals surface area contributed by atoms with Crippen LogP contribution in [0, 0.1) is 0 Å². The molecule has 0 aliphatic carbocycles. The molecular weight excluding hydrogens is 311 g/mol. The summed E-state index contributed by atoms with van der Waals surface area (Å²) in [6.07, 6.45) is 0.559. The number of hydrogen-bond acceptors (Lipinski definition) is 3. The summed E-state index contributed by atoms with van der Waals surface area (Å²) in [6.45, 7) is 9.24. The van der Waals surface area contributed by atoms with Gasteiger partial charge in [0.2, 0.25) is 0 Å². The monoisotopic (exact) mass is 337 g/mol. The van der Waals surface area contributed by atoms with Crippen molar-refractivity contribution in [3.05, 3.63) is 29.8 Å². The molecule has 0 atom stereocenters. The second kappa shape index (κ2) is 6.08. The third kappa shape index (κ3) is 3.66. The van der Waals surface area contributed by atoms with Gasteiger partial charge in [0.1, 0.15) is 0 Å². The fourth-order valence-corrected chi connectivity index (χ4v) is 3.20. The van der Waals surface area contributed by atoms with E-state index in [1.54, 1.807) is 0 Å². The Hall–Kier alpha value is -0.975. The lowest BCUT2D eigenvalue weighted by atomic mass is 9.79. The van der Waals surface area contributed by atoms with Crippen molar-refractivity contribution >= 4 is 12.6 Å². The van der Waals surface area contributed by atoms with Gasteiger partial charge in [-0.3, -0.25) is 4.90 Å². The van der Waals surface area contributed by atoms with E-state index in [4.69, 9.17) is 9.31 Å². The third-order valence-corrected chi connectivity index (χ3v) is 5.38. The number of halogens is 2. The van der Waals surface area contributed by atoms with Crippen LogP contribution >= 0.6 is 0 Å². The Balaban J connectivity index is 1.64. The van der Waals surface area contributed by atoms with Crippen LogP contribution in [0.15, 0.2) is 24.3 Å². The first kappa shape index (κ1) is 17.8. The molecule has 0 spiro atoms. The fraction of sp³-hybridized carbons (Fsp3) is 0.667. The summed E-state index contributed by atoms with van der Waals surface area (Å²) in [5.41, 5.74) is 1.26. The Labute approximate surface area is 143 Å². The first-order valence-corrected chi connectivity index (χ1v) is 8.63. The van der Waals surface area contributed by atoms with Crippen molar-refractivity contribution < 1.29 is 18.1 Å². The molecule has 1 aromatic rings. The Morgan fingerprint density at radius 1 is 1.04 bits per heavy atom. The minimum absolute atomic E-state index is 0.00433. The maximum absolute atomic E-state index is 13.5. The number of hydrogen-bond donors (Lipinski definition) is 0. The van der Waals surface area contributed by atoms with Crippen LogP contribution in [-0.2, 0) is 15.9 Å². The molecule has 2 aliphatic rings. The summed E-state index contributed by atoms with van der Waals surface area (Å²) < 4.78 is 39.1. The average molecular weight is 337 g/mol. The SMILES string of the molecule is CC1(C)OB(c2ccc(CN3CCCC(F)(F)C3)cc2)OC1(C)C. The molecule has 132 valence electrons. The highest BCUT2D eigenvalue weighted by Crippen LogP contribution is 2.36. The smallest absolute Gasteiger partial charge is 0.399 e. The Bertz CT molecular complexity index is 573. The molecule has 2 aliphatic heterocycles. The van der Waals surface area contributed by atoms with Crippen LogP contribution < -0.4 is 5.46 Å². The van der Waals surface area contributed by atoms with Gasteiger partial charge in [0.25, 0.3) is 5.92 Å². The van der Waals surface area contributed by atoms with Crippen molar-refractivity contribution in [2.45, 2.75) is 64.2 Å². The van der Waals surface area contributed by atoms with Gasteiger partial charge in [-0.05, 0) is 51.7 Å². The largest absolute Gasteiger partial charge is 0.494 e. The molecule has 6 heteroatoms. The van der Waals surface area contributed by atoms with Gasteiger partial charge in [-0.15, -0.1) is 0 Å². The van der Waals surface area contributed by atoms with Crippen molar-refractivity contribution in [3.8, 4) is 0 Å². The summed E-state index contributed by atoms with van der Waals surface area (Å²) in [5.74, 6) is -2.55. The predicted octanol–water partition coefficient (Wildman–Crippen LogP) is 3.22. The molecule has 3 rings (SSSR count). The van der Waals surface area contributed by atoms with Crippen LogP contribution in [0.1, 0.15) is 46.1 Å². The van der Waals surface area contributed by atoms with Crippen molar-refractivity contribution in [2.24, 2.45) is 0 Å². The molecule has 0 aromatic heterocycles. The quantitative estimate of drug-likeness (QED) is 0.791. The van der Waals surface area contributed by atoms with E-state index in [9.17, 15) is 8.78 Å². The molecule has 2 saturated heterocycles. The second-order valence-corrected chi connectivity index (χ2v) is 8.00. The standard InChI is InChI=1S/C18H26BF2NO2/c1-16(2)17(3,4)24-19(23-16)15-8-6-14(7-9-15)12-22-11-5-10-18(20,21)13-22/h6-9H,5,10-13H2,1-4H3. The van der Waals surface area contributed by atoms with Crippen LogP contribution in [0.25, 0.3) is 0 Å². The molecule has 24 heavy (non-hydrogen) atoms. The van der Waals surface area contributed by atoms with E-state index < -0.39 is 5.92 Å². The van der Waals surface area contributed by atoms with E-state index in [0.29, 0.717) is 13.0 Å². The molecule has 0 N–H and O–H groups in total. The Morgan fingerprint density at radius 3 is 2.17 bits per heavy atom. The van der Waals surface area contributed by atoms with Gasteiger partial charge in [0.15, 0.2) is 0 Å². The number of likely N-dealkylation sites (tertiary alicyclic amines) is 1. The summed E-state index contributed by atoms with van der Waals surface area (Å²) in [4.78, 5) is 1.83. The van der Waals surface area contributed by atoms with E-state index in [-0.39, 0.29) is 31.3 Å². The zero-order valence-corrected chi connectivity index (χ0v) is 14.9. The van der Waals surface area contributed by atoms with Gasteiger partial charge in [-0.2, -0.15) is 0 Å². The molecule has 2 fully saturated rings. The fourth-order valence-electron chi connectivity index (χ4n) is 3.20. The summed E-state index contributed by atoms with van der Waals surface area (Å²) >= 11 is 0. The molecule has 0 saturated carbocycles. The third-order valence-electron chi connectivity index (χ3n) is 5.38. The zero-order valence-electron chi connectivity index (χ0n) is 14.9. The lowest BCUT2D eigenvalue weighted by Crippen LogP contribution is -2.42. The van der Waals surface area contributed by atoms with E-state index in [2.05, 4.69) is 0 Å². The van der Waals surface area contributed by atoms with E-state index in [1.165, 1.54) is 0 Å². The highest BCUT2D eigenvalue weighted by atomic mass is 19.3. The molecule has 0 bridgehead atoms. The Kier molecular flexibility index (Phi) is 4.52. The van der Waals surface area contributed by atoms with E-state index in [0.717, 1.165) is 17.6 Å². The van der Waals surface area contributed by atoms with Crippen LogP contribution in [0.2, 0.25) is 0 Å². The maximum atomic E-state index is 13.5. The summed E-state index contributed by atoms with van der Waals surface area (Å²) in [6, 6.07) is 7.90. The molecule has 3 nitrogen and oxygen atoms in total. The number of alkyl halides is 2. The van der Waals surface area contributed by atoms with Gasteiger partial charge in [-0.1, -0.05) is 24.3 Å². The lowest BCUT2D eigenvalue weighted by Gasteiger charge is -2.32. The highest BCUT2D eigenvalue weighted by molar-refractivity contribution is 6.62. The topological polar surface area (TPSA) is 21.7 Å². The van der Waals surface area contributed by atoms with Crippen molar-refractivity contribution in [1.29, 1.82) is 0 Å². The number of benzene rings is 1. The summed E-state index contributed by atoms with van der Waals surface area (Å²) in [7, 11) is -0.386.